The first-order valence-corrected chi connectivity index (χ1v) is 8.39. The number of urea groups is 1. The highest BCUT2D eigenvalue weighted by Crippen LogP contribution is 2.31. The highest BCUT2D eigenvalue weighted by atomic mass is 16.5. The van der Waals surface area contributed by atoms with E-state index in [2.05, 4.69) is 11.4 Å². The monoisotopic (exact) mass is 316 g/mol. The van der Waals surface area contributed by atoms with Gasteiger partial charge in [-0.25, -0.2) is 4.79 Å². The zero-order valence-electron chi connectivity index (χ0n) is 13.6. The molecular formula is C18H24N2O3. The minimum Gasteiger partial charge on any atom is -0.469 e. The van der Waals surface area contributed by atoms with Gasteiger partial charge in [-0.05, 0) is 49.7 Å². The van der Waals surface area contributed by atoms with E-state index in [1.165, 1.54) is 12.7 Å². The summed E-state index contributed by atoms with van der Waals surface area (Å²) in [4.78, 5) is 25.9. The van der Waals surface area contributed by atoms with E-state index in [1.54, 1.807) is 0 Å². The molecule has 0 atom stereocenters. The molecule has 1 saturated carbocycles. The first kappa shape index (κ1) is 15.8. The zero-order valence-corrected chi connectivity index (χ0v) is 13.6. The maximum Gasteiger partial charge on any atom is 0.321 e. The molecule has 124 valence electrons. The predicted molar refractivity (Wildman–Crippen MR) is 88.2 cm³/mol. The van der Waals surface area contributed by atoms with E-state index in [-0.39, 0.29) is 17.9 Å². The van der Waals surface area contributed by atoms with Crippen molar-refractivity contribution in [2.24, 2.45) is 11.8 Å². The zero-order chi connectivity index (χ0) is 16.2. The van der Waals surface area contributed by atoms with Crippen LogP contribution in [0.2, 0.25) is 0 Å². The number of ether oxygens (including phenoxy) is 1. The predicted octanol–water partition coefficient (Wildman–Crippen LogP) is 3.06. The SMILES string of the molecule is COC(=O)C1CCC(CN2CCc3ccccc3NC2=O)CC1. The number of nitrogens with zero attached hydrogens (tertiary/aromatic N) is 1. The molecule has 1 fully saturated rings. The number of anilines is 1. The number of carbonyl (C=O) groups excluding carboxylic acids is 2. The Morgan fingerprint density at radius 3 is 2.74 bits per heavy atom. The molecule has 0 radical (unpaired) electrons. The smallest absolute Gasteiger partial charge is 0.321 e. The lowest BCUT2D eigenvalue weighted by Gasteiger charge is -2.31. The summed E-state index contributed by atoms with van der Waals surface area (Å²) in [6.45, 7) is 1.52. The number of nitrogens with one attached hydrogen (secondary N) is 1. The van der Waals surface area contributed by atoms with E-state index >= 15 is 0 Å². The standard InChI is InChI=1S/C18H24N2O3/c1-23-17(21)15-8-6-13(7-9-15)12-20-11-10-14-4-2-3-5-16(14)19-18(20)22/h2-5,13,15H,6-12H2,1H3,(H,19,22). The van der Waals surface area contributed by atoms with Crippen LogP contribution in [-0.2, 0) is 16.0 Å². The first-order valence-electron chi connectivity index (χ1n) is 8.39. The molecular weight excluding hydrogens is 292 g/mol. The van der Waals surface area contributed by atoms with Crippen molar-refractivity contribution in [3.8, 4) is 0 Å². The summed E-state index contributed by atoms with van der Waals surface area (Å²) in [5, 5.41) is 3.01. The maximum atomic E-state index is 12.4. The molecule has 1 N–H and O–H groups in total. The summed E-state index contributed by atoms with van der Waals surface area (Å²) < 4.78 is 4.83. The van der Waals surface area contributed by atoms with Crippen molar-refractivity contribution in [1.82, 2.24) is 4.90 Å². The number of methoxy groups -OCH3 is 1. The largest absolute Gasteiger partial charge is 0.469 e. The molecule has 0 spiro atoms. The van der Waals surface area contributed by atoms with Gasteiger partial charge in [0.1, 0.15) is 0 Å². The number of rotatable bonds is 3. The highest BCUT2D eigenvalue weighted by Gasteiger charge is 2.29. The Balaban J connectivity index is 1.55. The van der Waals surface area contributed by atoms with Crippen LogP contribution >= 0.6 is 0 Å². The van der Waals surface area contributed by atoms with Crippen LogP contribution < -0.4 is 5.32 Å². The van der Waals surface area contributed by atoms with Gasteiger partial charge < -0.3 is 15.0 Å². The van der Waals surface area contributed by atoms with Gasteiger partial charge in [-0.2, -0.15) is 0 Å². The van der Waals surface area contributed by atoms with Crippen molar-refractivity contribution in [2.75, 3.05) is 25.5 Å². The summed E-state index contributed by atoms with van der Waals surface area (Å²) in [5.41, 5.74) is 2.12. The van der Waals surface area contributed by atoms with Gasteiger partial charge in [0.15, 0.2) is 0 Å². The molecule has 1 aliphatic carbocycles. The number of hydrogen-bond donors (Lipinski definition) is 1. The van der Waals surface area contributed by atoms with E-state index in [0.717, 1.165) is 50.9 Å². The van der Waals surface area contributed by atoms with Gasteiger partial charge in [-0.15, -0.1) is 0 Å². The molecule has 1 aromatic carbocycles. The van der Waals surface area contributed by atoms with Crippen molar-refractivity contribution < 1.29 is 14.3 Å². The van der Waals surface area contributed by atoms with Crippen molar-refractivity contribution in [1.29, 1.82) is 0 Å². The Morgan fingerprint density at radius 2 is 2.00 bits per heavy atom. The van der Waals surface area contributed by atoms with E-state index in [1.807, 2.05) is 23.1 Å². The van der Waals surface area contributed by atoms with Crippen molar-refractivity contribution in [3.63, 3.8) is 0 Å². The van der Waals surface area contributed by atoms with E-state index in [4.69, 9.17) is 4.74 Å². The second-order valence-electron chi connectivity index (χ2n) is 6.52. The fraction of sp³-hybridized carbons (Fsp3) is 0.556. The lowest BCUT2D eigenvalue weighted by molar-refractivity contribution is -0.146. The lowest BCUT2D eigenvalue weighted by Crippen LogP contribution is -2.39. The van der Waals surface area contributed by atoms with Gasteiger partial charge in [-0.1, -0.05) is 18.2 Å². The van der Waals surface area contributed by atoms with E-state index in [9.17, 15) is 9.59 Å². The van der Waals surface area contributed by atoms with Gasteiger partial charge in [0.25, 0.3) is 0 Å². The molecule has 2 amide bonds. The number of para-hydroxylation sites is 1. The molecule has 0 aromatic heterocycles. The molecule has 1 aliphatic heterocycles. The first-order chi connectivity index (χ1) is 11.2. The lowest BCUT2D eigenvalue weighted by atomic mass is 9.82. The maximum absolute atomic E-state index is 12.4. The van der Waals surface area contributed by atoms with Gasteiger partial charge in [0.2, 0.25) is 0 Å². The molecule has 0 unspecified atom stereocenters. The summed E-state index contributed by atoms with van der Waals surface area (Å²) in [6.07, 6.45) is 4.58. The molecule has 2 aliphatic rings. The van der Waals surface area contributed by atoms with Crippen molar-refractivity contribution in [2.45, 2.75) is 32.1 Å². The highest BCUT2D eigenvalue weighted by molar-refractivity contribution is 5.91. The molecule has 0 saturated heterocycles. The molecule has 5 heteroatoms. The van der Waals surface area contributed by atoms with Gasteiger partial charge in [0, 0.05) is 18.8 Å². The molecule has 5 nitrogen and oxygen atoms in total. The Hall–Kier alpha value is -2.04. The number of fused-ring (bicyclic) bond motifs is 1. The van der Waals surface area contributed by atoms with Crippen LogP contribution in [0.5, 0.6) is 0 Å². The Labute approximate surface area is 137 Å². The van der Waals surface area contributed by atoms with Crippen LogP contribution in [0.1, 0.15) is 31.2 Å². The Kier molecular flexibility index (Phi) is 4.84. The van der Waals surface area contributed by atoms with Gasteiger partial charge >= 0.3 is 12.0 Å². The second-order valence-corrected chi connectivity index (χ2v) is 6.52. The number of carbonyl (C=O) groups is 2. The van der Waals surface area contributed by atoms with Gasteiger partial charge in [0.05, 0.1) is 13.0 Å². The summed E-state index contributed by atoms with van der Waals surface area (Å²) >= 11 is 0. The Morgan fingerprint density at radius 1 is 1.26 bits per heavy atom. The fourth-order valence-electron chi connectivity index (χ4n) is 3.64. The van der Waals surface area contributed by atoms with E-state index in [0.29, 0.717) is 5.92 Å². The molecule has 0 bridgehead atoms. The third kappa shape index (κ3) is 3.66. The van der Waals surface area contributed by atoms with Crippen LogP contribution in [-0.4, -0.2) is 37.1 Å². The van der Waals surface area contributed by atoms with Crippen LogP contribution in [0, 0.1) is 11.8 Å². The number of esters is 1. The van der Waals surface area contributed by atoms with Crippen LogP contribution in [0.15, 0.2) is 24.3 Å². The average Bonchev–Trinajstić information content (AvgIpc) is 2.74. The number of amides is 2. The molecule has 23 heavy (non-hydrogen) atoms. The van der Waals surface area contributed by atoms with Crippen molar-refractivity contribution >= 4 is 17.7 Å². The number of benzene rings is 1. The van der Waals surface area contributed by atoms with E-state index < -0.39 is 0 Å². The second kappa shape index (κ2) is 7.02. The topological polar surface area (TPSA) is 58.6 Å². The molecule has 3 rings (SSSR count). The summed E-state index contributed by atoms with van der Waals surface area (Å²) in [5.74, 6) is 0.424. The molecule has 1 aromatic rings. The Bertz CT molecular complexity index is 579. The van der Waals surface area contributed by atoms with Gasteiger partial charge in [-0.3, -0.25) is 4.79 Å². The third-order valence-electron chi connectivity index (χ3n) is 5.06. The fourth-order valence-corrected chi connectivity index (χ4v) is 3.64. The normalized spacial score (nSPS) is 24.4. The molecule has 1 heterocycles. The van der Waals surface area contributed by atoms with Crippen molar-refractivity contribution in [3.05, 3.63) is 29.8 Å². The third-order valence-corrected chi connectivity index (χ3v) is 5.06. The van der Waals surface area contributed by atoms with Crippen LogP contribution in [0.3, 0.4) is 0 Å². The summed E-state index contributed by atoms with van der Waals surface area (Å²) in [7, 11) is 1.45. The number of hydrogen-bond acceptors (Lipinski definition) is 3. The average molecular weight is 316 g/mol. The van der Waals surface area contributed by atoms with Crippen LogP contribution in [0.4, 0.5) is 10.5 Å². The van der Waals surface area contributed by atoms with Crippen LogP contribution in [0.25, 0.3) is 0 Å². The summed E-state index contributed by atoms with van der Waals surface area (Å²) in [6, 6.07) is 7.97. The minimum absolute atomic E-state index is 0.00922. The minimum atomic E-state index is -0.0913. The quantitative estimate of drug-likeness (QED) is 0.872.